The number of fused-ring (bicyclic) bond motifs is 1. The summed E-state index contributed by atoms with van der Waals surface area (Å²) in [5, 5.41) is 2.75. The molecule has 0 fully saturated rings. The van der Waals surface area contributed by atoms with E-state index < -0.39 is 30.8 Å². The van der Waals surface area contributed by atoms with Gasteiger partial charge in [0.25, 0.3) is 5.92 Å². The van der Waals surface area contributed by atoms with Gasteiger partial charge >= 0.3 is 0 Å². The van der Waals surface area contributed by atoms with Crippen LogP contribution in [0.1, 0.15) is 5.56 Å². The van der Waals surface area contributed by atoms with Gasteiger partial charge in [0.05, 0.1) is 19.0 Å². The first-order chi connectivity index (χ1) is 9.41. The number of ether oxygens (including phenoxy) is 1. The first-order valence-electron chi connectivity index (χ1n) is 6.18. The molecule has 1 aliphatic heterocycles. The Morgan fingerprint density at radius 3 is 3.00 bits per heavy atom. The Morgan fingerprint density at radius 1 is 1.55 bits per heavy atom. The molecule has 0 bridgehead atoms. The molecule has 0 aliphatic carbocycles. The van der Waals surface area contributed by atoms with Crippen LogP contribution in [-0.2, 0) is 11.2 Å². The maximum atomic E-state index is 13.0. The lowest BCUT2D eigenvalue weighted by Crippen LogP contribution is -2.45. The zero-order chi connectivity index (χ0) is 14.8. The molecule has 0 saturated heterocycles. The number of hydrogen-bond donors (Lipinski definition) is 2. The summed E-state index contributed by atoms with van der Waals surface area (Å²) in [6, 6.07) is 5.14. The molecule has 3 N–H and O–H groups in total. The van der Waals surface area contributed by atoms with Gasteiger partial charge < -0.3 is 15.8 Å². The fourth-order valence-electron chi connectivity index (χ4n) is 1.96. The minimum atomic E-state index is -3.09. The van der Waals surface area contributed by atoms with Crippen molar-refractivity contribution in [1.82, 2.24) is 5.32 Å². The molecular weight excluding hydrogens is 290 g/mol. The van der Waals surface area contributed by atoms with E-state index in [1.54, 1.807) is 18.2 Å². The van der Waals surface area contributed by atoms with Crippen LogP contribution in [0.5, 0.6) is 5.75 Å². The van der Waals surface area contributed by atoms with Gasteiger partial charge in [-0.05, 0) is 30.2 Å². The van der Waals surface area contributed by atoms with E-state index in [1.807, 2.05) is 0 Å². The van der Waals surface area contributed by atoms with Crippen molar-refractivity contribution in [3.63, 3.8) is 0 Å². The Labute approximate surface area is 120 Å². The number of halogens is 3. The van der Waals surface area contributed by atoms with Crippen molar-refractivity contribution in [2.75, 3.05) is 19.7 Å². The number of carbonyl (C=O) groups excluding carboxylic acids is 1. The molecule has 1 amide bonds. The van der Waals surface area contributed by atoms with Gasteiger partial charge in [0.15, 0.2) is 0 Å². The average Bonchev–Trinajstić information content (AvgIpc) is 2.44. The highest BCUT2D eigenvalue weighted by Crippen LogP contribution is 2.29. The summed E-state index contributed by atoms with van der Waals surface area (Å²) in [4.78, 5) is 11.9. The number of benzene rings is 1. The van der Waals surface area contributed by atoms with Gasteiger partial charge in [-0.25, -0.2) is 8.78 Å². The third kappa shape index (κ3) is 3.58. The molecular formula is C13H15ClF2N2O2. The third-order valence-electron chi connectivity index (χ3n) is 3.12. The smallest absolute Gasteiger partial charge is 0.277 e. The van der Waals surface area contributed by atoms with E-state index in [2.05, 4.69) is 5.32 Å². The van der Waals surface area contributed by atoms with Gasteiger partial charge in [-0.1, -0.05) is 11.6 Å². The molecule has 7 heteroatoms. The second-order valence-corrected chi connectivity index (χ2v) is 5.18. The van der Waals surface area contributed by atoms with E-state index in [-0.39, 0.29) is 6.61 Å². The van der Waals surface area contributed by atoms with Crippen molar-refractivity contribution >= 4 is 17.5 Å². The molecule has 1 atom stereocenters. The van der Waals surface area contributed by atoms with E-state index in [0.29, 0.717) is 17.2 Å². The number of alkyl halides is 2. The van der Waals surface area contributed by atoms with Crippen molar-refractivity contribution in [2.24, 2.45) is 11.7 Å². The predicted molar refractivity (Wildman–Crippen MR) is 71.2 cm³/mol. The summed E-state index contributed by atoms with van der Waals surface area (Å²) in [6.45, 7) is -1.40. The topological polar surface area (TPSA) is 64.3 Å². The van der Waals surface area contributed by atoms with Crippen LogP contribution in [0.3, 0.4) is 0 Å². The van der Waals surface area contributed by atoms with Crippen LogP contribution in [0.2, 0.25) is 5.02 Å². The SMILES string of the molecule is NCC(F)(F)CNC(=O)C1COc2ccc(Cl)cc2C1. The average molecular weight is 305 g/mol. The Hall–Kier alpha value is -1.40. The highest BCUT2D eigenvalue weighted by atomic mass is 35.5. The molecule has 0 aromatic heterocycles. The highest BCUT2D eigenvalue weighted by molar-refractivity contribution is 6.30. The normalized spacial score (nSPS) is 18.1. The van der Waals surface area contributed by atoms with Crippen LogP contribution >= 0.6 is 11.6 Å². The maximum Gasteiger partial charge on any atom is 0.277 e. The van der Waals surface area contributed by atoms with Gasteiger partial charge in [-0.3, -0.25) is 4.79 Å². The van der Waals surface area contributed by atoms with Crippen molar-refractivity contribution in [2.45, 2.75) is 12.3 Å². The Morgan fingerprint density at radius 2 is 2.30 bits per heavy atom. The molecule has 1 aliphatic rings. The van der Waals surface area contributed by atoms with Crippen molar-refractivity contribution in [1.29, 1.82) is 0 Å². The molecule has 4 nitrogen and oxygen atoms in total. The highest BCUT2D eigenvalue weighted by Gasteiger charge is 2.31. The molecule has 0 radical (unpaired) electrons. The quantitative estimate of drug-likeness (QED) is 0.888. The first kappa shape index (κ1) is 15.0. The van der Waals surface area contributed by atoms with E-state index in [1.165, 1.54) is 0 Å². The first-order valence-corrected chi connectivity index (χ1v) is 6.56. The van der Waals surface area contributed by atoms with Crippen molar-refractivity contribution < 1.29 is 18.3 Å². The van der Waals surface area contributed by atoms with Gasteiger partial charge in [-0.15, -0.1) is 0 Å². The molecule has 110 valence electrons. The molecule has 1 aromatic rings. The van der Waals surface area contributed by atoms with Crippen molar-refractivity contribution in [3.05, 3.63) is 28.8 Å². The number of rotatable bonds is 4. The zero-order valence-corrected chi connectivity index (χ0v) is 11.4. The lowest BCUT2D eigenvalue weighted by Gasteiger charge is -2.25. The minimum absolute atomic E-state index is 0.161. The summed E-state index contributed by atoms with van der Waals surface area (Å²) in [5.74, 6) is -3.39. The maximum absolute atomic E-state index is 13.0. The lowest BCUT2D eigenvalue weighted by atomic mass is 9.96. The van der Waals surface area contributed by atoms with E-state index in [0.717, 1.165) is 5.56 Å². The van der Waals surface area contributed by atoms with Gasteiger partial charge in [0.2, 0.25) is 5.91 Å². The summed E-state index contributed by atoms with van der Waals surface area (Å²) >= 11 is 5.87. The van der Waals surface area contributed by atoms with Crippen LogP contribution < -0.4 is 15.8 Å². The number of nitrogens with one attached hydrogen (secondary N) is 1. The second-order valence-electron chi connectivity index (χ2n) is 4.74. The zero-order valence-electron chi connectivity index (χ0n) is 10.7. The molecule has 0 saturated carbocycles. The monoisotopic (exact) mass is 304 g/mol. The molecule has 1 heterocycles. The number of carbonyl (C=O) groups is 1. The predicted octanol–water partition coefficient (Wildman–Crippen LogP) is 1.60. The van der Waals surface area contributed by atoms with Crippen LogP contribution in [-0.4, -0.2) is 31.5 Å². The number of amides is 1. The fraction of sp³-hybridized carbons (Fsp3) is 0.462. The standard InChI is InChI=1S/C13H15ClF2N2O2/c14-10-1-2-11-8(4-10)3-9(5-20-11)12(19)18-7-13(15,16)6-17/h1-2,4,9H,3,5-7,17H2,(H,18,19). The van der Waals surface area contributed by atoms with Crippen LogP contribution in [0.4, 0.5) is 8.78 Å². The Balaban J connectivity index is 1.96. The summed E-state index contributed by atoms with van der Waals surface area (Å²) < 4.78 is 31.4. The molecule has 1 aromatic carbocycles. The van der Waals surface area contributed by atoms with Gasteiger partial charge in [0.1, 0.15) is 12.4 Å². The van der Waals surface area contributed by atoms with Gasteiger partial charge in [0, 0.05) is 5.02 Å². The Bertz CT molecular complexity index is 511. The fourth-order valence-corrected chi connectivity index (χ4v) is 2.16. The van der Waals surface area contributed by atoms with Crippen LogP contribution in [0.15, 0.2) is 18.2 Å². The summed E-state index contributed by atoms with van der Waals surface area (Å²) in [6.07, 6.45) is 0.413. The van der Waals surface area contributed by atoms with Crippen LogP contribution in [0, 0.1) is 5.92 Å². The van der Waals surface area contributed by atoms with E-state index in [9.17, 15) is 13.6 Å². The largest absolute Gasteiger partial charge is 0.492 e. The molecule has 2 rings (SSSR count). The molecule has 1 unspecified atom stereocenters. The molecule has 20 heavy (non-hydrogen) atoms. The molecule has 0 spiro atoms. The van der Waals surface area contributed by atoms with Crippen LogP contribution in [0.25, 0.3) is 0 Å². The van der Waals surface area contributed by atoms with E-state index in [4.69, 9.17) is 22.1 Å². The summed E-state index contributed by atoms with van der Waals surface area (Å²) in [5.41, 5.74) is 5.71. The van der Waals surface area contributed by atoms with E-state index >= 15 is 0 Å². The lowest BCUT2D eigenvalue weighted by molar-refractivity contribution is -0.128. The number of hydrogen-bond acceptors (Lipinski definition) is 3. The number of nitrogens with two attached hydrogens (primary N) is 1. The van der Waals surface area contributed by atoms with Gasteiger partial charge in [-0.2, -0.15) is 0 Å². The summed E-state index contributed by atoms with van der Waals surface area (Å²) in [7, 11) is 0. The second kappa shape index (κ2) is 5.93. The third-order valence-corrected chi connectivity index (χ3v) is 3.35. The van der Waals surface area contributed by atoms with Crippen molar-refractivity contribution in [3.8, 4) is 5.75 Å². The minimum Gasteiger partial charge on any atom is -0.492 e. The Kier molecular flexibility index (Phi) is 4.45.